The maximum absolute atomic E-state index is 12.8. The van der Waals surface area contributed by atoms with Crippen molar-refractivity contribution in [1.29, 1.82) is 0 Å². The number of rotatable bonds is 6. The molecule has 158 valence electrons. The molecule has 1 aliphatic heterocycles. The van der Waals surface area contributed by atoms with Crippen LogP contribution < -0.4 is 5.32 Å². The summed E-state index contributed by atoms with van der Waals surface area (Å²) in [6, 6.07) is 22.1. The van der Waals surface area contributed by atoms with E-state index in [0.717, 1.165) is 11.2 Å². The Morgan fingerprint density at radius 2 is 1.50 bits per heavy atom. The predicted octanol–water partition coefficient (Wildman–Crippen LogP) is 4.02. The van der Waals surface area contributed by atoms with E-state index in [0.29, 0.717) is 29.1 Å². The van der Waals surface area contributed by atoms with Crippen LogP contribution in [0, 0.1) is 0 Å². The highest BCUT2D eigenvalue weighted by molar-refractivity contribution is 6.21. The summed E-state index contributed by atoms with van der Waals surface area (Å²) in [5, 5.41) is 2.97. The van der Waals surface area contributed by atoms with E-state index in [4.69, 9.17) is 0 Å². The molecular weight excluding hydrogens is 404 g/mol. The van der Waals surface area contributed by atoms with E-state index in [1.54, 1.807) is 24.3 Å². The summed E-state index contributed by atoms with van der Waals surface area (Å²) in [7, 11) is 0. The molecular formula is C25H20N4O3. The Morgan fingerprint density at radius 1 is 0.844 bits per heavy atom. The van der Waals surface area contributed by atoms with E-state index < -0.39 is 0 Å². The van der Waals surface area contributed by atoms with Crippen molar-refractivity contribution in [3.8, 4) is 11.3 Å². The lowest BCUT2D eigenvalue weighted by Crippen LogP contribution is -2.31. The predicted molar refractivity (Wildman–Crippen MR) is 120 cm³/mol. The Bertz CT molecular complexity index is 1310. The number of nitrogens with zero attached hydrogens (tertiary/aromatic N) is 3. The minimum absolute atomic E-state index is 0.168. The summed E-state index contributed by atoms with van der Waals surface area (Å²) < 4.78 is 1.84. The molecule has 1 aliphatic rings. The Balaban J connectivity index is 1.29. The van der Waals surface area contributed by atoms with Gasteiger partial charge in [-0.25, -0.2) is 4.98 Å². The third-order valence-electron chi connectivity index (χ3n) is 5.50. The molecule has 0 aliphatic carbocycles. The summed E-state index contributed by atoms with van der Waals surface area (Å²) in [6.45, 7) is 0.193. The van der Waals surface area contributed by atoms with Crippen molar-refractivity contribution in [3.63, 3.8) is 0 Å². The van der Waals surface area contributed by atoms with Crippen molar-refractivity contribution in [2.45, 2.75) is 12.8 Å². The van der Waals surface area contributed by atoms with Gasteiger partial charge in [-0.15, -0.1) is 0 Å². The maximum atomic E-state index is 12.8. The molecule has 0 unspecified atom stereocenters. The first-order chi connectivity index (χ1) is 15.6. The van der Waals surface area contributed by atoms with Crippen LogP contribution in [-0.4, -0.2) is 38.6 Å². The Morgan fingerprint density at radius 3 is 2.22 bits per heavy atom. The zero-order chi connectivity index (χ0) is 22.1. The van der Waals surface area contributed by atoms with E-state index >= 15 is 0 Å². The summed E-state index contributed by atoms with van der Waals surface area (Å²) in [5.74, 6) is -0.222. The molecule has 2 aromatic heterocycles. The fourth-order valence-corrected chi connectivity index (χ4v) is 3.95. The summed E-state index contributed by atoms with van der Waals surface area (Å²) in [6.07, 6.45) is 2.39. The second-order valence-electron chi connectivity index (χ2n) is 7.56. The van der Waals surface area contributed by atoms with Crippen molar-refractivity contribution >= 4 is 29.2 Å². The molecule has 0 bridgehead atoms. The number of carbonyl (C=O) groups excluding carboxylic acids is 3. The first-order valence-corrected chi connectivity index (χ1v) is 10.4. The second-order valence-corrected chi connectivity index (χ2v) is 7.56. The van der Waals surface area contributed by atoms with Crippen LogP contribution in [-0.2, 0) is 4.79 Å². The quantitative estimate of drug-likeness (QED) is 0.474. The molecule has 7 heteroatoms. The number of amides is 3. The van der Waals surface area contributed by atoms with Crippen LogP contribution in [0.25, 0.3) is 16.9 Å². The fraction of sp³-hybridized carbons (Fsp3) is 0.120. The van der Waals surface area contributed by atoms with Crippen molar-refractivity contribution in [2.75, 3.05) is 11.9 Å². The van der Waals surface area contributed by atoms with Crippen molar-refractivity contribution in [3.05, 3.63) is 90.1 Å². The van der Waals surface area contributed by atoms with Gasteiger partial charge in [0.05, 0.1) is 11.1 Å². The molecule has 0 saturated heterocycles. The number of pyridine rings is 1. The smallest absolute Gasteiger partial charge is 0.261 e. The Hall–Kier alpha value is -4.26. The molecule has 1 N–H and O–H groups in total. The molecule has 3 heterocycles. The average Bonchev–Trinajstić information content (AvgIpc) is 3.31. The molecule has 0 atom stereocenters. The number of nitrogens with one attached hydrogen (secondary N) is 1. The number of benzene rings is 2. The Labute approximate surface area is 184 Å². The van der Waals surface area contributed by atoms with E-state index in [9.17, 15) is 14.4 Å². The Kier molecular flexibility index (Phi) is 4.99. The van der Waals surface area contributed by atoms with Gasteiger partial charge in [0.1, 0.15) is 17.2 Å². The molecule has 4 aromatic rings. The van der Waals surface area contributed by atoms with Crippen LogP contribution in [0.4, 0.5) is 5.82 Å². The van der Waals surface area contributed by atoms with Crippen molar-refractivity contribution in [2.24, 2.45) is 0 Å². The minimum atomic E-state index is -0.306. The number of aromatic nitrogens is 2. The van der Waals surface area contributed by atoms with E-state index in [1.165, 1.54) is 4.90 Å². The number of fused-ring (bicyclic) bond motifs is 2. The van der Waals surface area contributed by atoms with Crippen LogP contribution in [0.15, 0.2) is 79.0 Å². The highest BCUT2D eigenvalue weighted by atomic mass is 16.2. The molecule has 0 radical (unpaired) electrons. The number of hydrogen-bond acceptors (Lipinski definition) is 4. The lowest BCUT2D eigenvalue weighted by atomic mass is 10.1. The standard InChI is InChI=1S/C25H20N4O3/c30-21(14-8-16-29-24(31)18-11-4-5-12-19(18)25(29)32)27-23-22(17-9-2-1-3-10-17)26-20-13-6-7-15-28(20)23/h1-7,9-13,15H,8,14,16H2,(H,27,30). The number of anilines is 1. The molecule has 3 amide bonds. The number of imide groups is 1. The third-order valence-corrected chi connectivity index (χ3v) is 5.50. The van der Waals surface area contributed by atoms with Crippen LogP contribution in [0.1, 0.15) is 33.6 Å². The SMILES string of the molecule is O=C(CCCN1C(=O)c2ccccc2C1=O)Nc1c(-c2ccccc2)nc2ccccn12. The lowest BCUT2D eigenvalue weighted by molar-refractivity contribution is -0.116. The summed E-state index contributed by atoms with van der Waals surface area (Å²) in [5.41, 5.74) is 3.15. The molecule has 2 aromatic carbocycles. The van der Waals surface area contributed by atoms with E-state index in [2.05, 4.69) is 10.3 Å². The van der Waals surface area contributed by atoms with Crippen LogP contribution >= 0.6 is 0 Å². The molecule has 0 spiro atoms. The van der Waals surface area contributed by atoms with Crippen LogP contribution in [0.2, 0.25) is 0 Å². The highest BCUT2D eigenvalue weighted by Crippen LogP contribution is 2.29. The largest absolute Gasteiger partial charge is 0.310 e. The van der Waals surface area contributed by atoms with Gasteiger partial charge in [-0.2, -0.15) is 0 Å². The summed E-state index contributed by atoms with van der Waals surface area (Å²) >= 11 is 0. The number of imidazole rings is 1. The van der Waals surface area contributed by atoms with Crippen LogP contribution in [0.3, 0.4) is 0 Å². The highest BCUT2D eigenvalue weighted by Gasteiger charge is 2.34. The molecule has 32 heavy (non-hydrogen) atoms. The summed E-state index contributed by atoms with van der Waals surface area (Å²) in [4.78, 5) is 43.6. The van der Waals surface area contributed by atoms with Crippen molar-refractivity contribution < 1.29 is 14.4 Å². The van der Waals surface area contributed by atoms with E-state index in [-0.39, 0.29) is 30.7 Å². The van der Waals surface area contributed by atoms with Gasteiger partial charge in [0.2, 0.25) is 5.91 Å². The number of hydrogen-bond donors (Lipinski definition) is 1. The maximum Gasteiger partial charge on any atom is 0.261 e. The zero-order valence-corrected chi connectivity index (χ0v) is 17.2. The average molecular weight is 424 g/mol. The first-order valence-electron chi connectivity index (χ1n) is 10.4. The molecule has 0 saturated carbocycles. The van der Waals surface area contributed by atoms with Gasteiger partial charge < -0.3 is 5.32 Å². The van der Waals surface area contributed by atoms with Crippen LogP contribution in [0.5, 0.6) is 0 Å². The van der Waals surface area contributed by atoms with Gasteiger partial charge in [0, 0.05) is 24.7 Å². The van der Waals surface area contributed by atoms with Crippen molar-refractivity contribution in [1.82, 2.24) is 14.3 Å². The normalized spacial score (nSPS) is 12.9. The van der Waals surface area contributed by atoms with Gasteiger partial charge in [-0.05, 0) is 30.7 Å². The third kappa shape index (κ3) is 3.43. The second kappa shape index (κ2) is 8.11. The molecule has 7 nitrogen and oxygen atoms in total. The lowest BCUT2D eigenvalue weighted by Gasteiger charge is -2.13. The molecule has 0 fully saturated rings. The minimum Gasteiger partial charge on any atom is -0.310 e. The molecule has 5 rings (SSSR count). The van der Waals surface area contributed by atoms with Gasteiger partial charge in [0.25, 0.3) is 11.8 Å². The number of carbonyl (C=O) groups is 3. The zero-order valence-electron chi connectivity index (χ0n) is 17.2. The van der Waals surface area contributed by atoms with E-state index in [1.807, 2.05) is 59.1 Å². The van der Waals surface area contributed by atoms with Gasteiger partial charge in [-0.1, -0.05) is 48.5 Å². The van der Waals surface area contributed by atoms with Gasteiger partial charge >= 0.3 is 0 Å². The first kappa shape index (κ1) is 19.7. The van der Waals surface area contributed by atoms with Gasteiger partial charge in [-0.3, -0.25) is 23.7 Å². The topological polar surface area (TPSA) is 83.8 Å². The van der Waals surface area contributed by atoms with Gasteiger partial charge in [0.15, 0.2) is 0 Å². The monoisotopic (exact) mass is 424 g/mol. The fourth-order valence-electron chi connectivity index (χ4n) is 3.95.